The maximum atomic E-state index is 12.9. The van der Waals surface area contributed by atoms with Gasteiger partial charge in [0.1, 0.15) is 24.6 Å². The van der Waals surface area contributed by atoms with E-state index in [1.54, 1.807) is 36.4 Å². The van der Waals surface area contributed by atoms with Crippen molar-refractivity contribution in [1.29, 1.82) is 0 Å². The molecular formula is C26H23BrN2O5. The number of halogens is 1. The first kappa shape index (κ1) is 24.7. The van der Waals surface area contributed by atoms with Crippen LogP contribution in [-0.4, -0.2) is 31.4 Å². The fourth-order valence-electron chi connectivity index (χ4n) is 2.94. The third kappa shape index (κ3) is 7.31. The number of ether oxygens (including phenoxy) is 2. The highest BCUT2D eigenvalue weighted by atomic mass is 79.9. The summed E-state index contributed by atoms with van der Waals surface area (Å²) in [5.74, 6) is -1.39. The summed E-state index contributed by atoms with van der Waals surface area (Å²) in [5, 5.41) is 5.12. The molecule has 174 valence electrons. The number of nitrogens with one attached hydrogen (secondary N) is 2. The molecule has 0 heterocycles. The molecule has 0 fully saturated rings. The molecule has 0 spiro atoms. The van der Waals surface area contributed by atoms with E-state index >= 15 is 0 Å². The summed E-state index contributed by atoms with van der Waals surface area (Å²) < 4.78 is 11.3. The lowest BCUT2D eigenvalue weighted by atomic mass is 10.1. The number of amides is 2. The Hall–Kier alpha value is -3.91. The van der Waals surface area contributed by atoms with Crippen molar-refractivity contribution < 1.29 is 23.9 Å². The van der Waals surface area contributed by atoms with Gasteiger partial charge in [-0.3, -0.25) is 14.4 Å². The van der Waals surface area contributed by atoms with Crippen LogP contribution < -0.4 is 15.4 Å². The van der Waals surface area contributed by atoms with Gasteiger partial charge in [0.15, 0.2) is 0 Å². The molecule has 8 heteroatoms. The Balaban J connectivity index is 1.71. The smallest absolute Gasteiger partial charge is 0.325 e. The van der Waals surface area contributed by atoms with Gasteiger partial charge in [0.25, 0.3) is 11.8 Å². The number of esters is 1. The number of hydrogen-bond acceptors (Lipinski definition) is 5. The molecule has 3 aromatic carbocycles. The van der Waals surface area contributed by atoms with Gasteiger partial charge >= 0.3 is 5.97 Å². The van der Waals surface area contributed by atoms with Crippen LogP contribution in [0.4, 0.5) is 0 Å². The lowest BCUT2D eigenvalue weighted by Crippen LogP contribution is -2.37. The van der Waals surface area contributed by atoms with E-state index in [2.05, 4.69) is 26.6 Å². The molecule has 0 radical (unpaired) electrons. The van der Waals surface area contributed by atoms with Crippen molar-refractivity contribution in [3.05, 3.63) is 106 Å². The highest BCUT2D eigenvalue weighted by Gasteiger charge is 2.18. The summed E-state index contributed by atoms with van der Waals surface area (Å²) in [6, 6.07) is 23.1. The van der Waals surface area contributed by atoms with Gasteiger partial charge < -0.3 is 20.1 Å². The lowest BCUT2D eigenvalue weighted by Gasteiger charge is -2.13. The van der Waals surface area contributed by atoms with Gasteiger partial charge in [0.2, 0.25) is 0 Å². The predicted octanol–water partition coefficient (Wildman–Crippen LogP) is 4.09. The number of rotatable bonds is 9. The average molecular weight is 523 g/mol. The van der Waals surface area contributed by atoms with Crippen molar-refractivity contribution in [2.45, 2.75) is 6.61 Å². The van der Waals surface area contributed by atoms with Crippen molar-refractivity contribution in [3.63, 3.8) is 0 Å². The molecule has 0 unspecified atom stereocenters. The Labute approximate surface area is 205 Å². The van der Waals surface area contributed by atoms with Crippen LogP contribution in [0, 0.1) is 0 Å². The van der Waals surface area contributed by atoms with Gasteiger partial charge in [-0.15, -0.1) is 0 Å². The topological polar surface area (TPSA) is 93.7 Å². The van der Waals surface area contributed by atoms with Gasteiger partial charge in [0.05, 0.1) is 12.7 Å². The molecule has 0 saturated carbocycles. The molecule has 2 N–H and O–H groups in total. The van der Waals surface area contributed by atoms with Crippen LogP contribution >= 0.6 is 15.9 Å². The molecule has 0 aliphatic rings. The van der Waals surface area contributed by atoms with Crippen LogP contribution in [-0.2, 0) is 20.9 Å². The minimum atomic E-state index is -0.636. The number of benzene rings is 3. The van der Waals surface area contributed by atoms with Gasteiger partial charge in [0, 0.05) is 4.47 Å². The fraction of sp³-hybridized carbons (Fsp3) is 0.115. The first-order chi connectivity index (χ1) is 16.5. The second kappa shape index (κ2) is 12.4. The zero-order chi connectivity index (χ0) is 24.3. The molecule has 0 aromatic heterocycles. The number of methoxy groups -OCH3 is 1. The van der Waals surface area contributed by atoms with Crippen LogP contribution in [0.2, 0.25) is 0 Å². The van der Waals surface area contributed by atoms with E-state index in [1.807, 2.05) is 42.5 Å². The Morgan fingerprint density at radius 1 is 0.912 bits per heavy atom. The van der Waals surface area contributed by atoms with Gasteiger partial charge in [-0.25, -0.2) is 0 Å². The molecule has 0 aliphatic heterocycles. The standard InChI is InChI=1S/C26H23BrN2O5/c1-33-23-10-6-5-9-21(23)25(31)29-22(15-18-11-13-20(27)14-12-18)26(32)28-16-24(30)34-17-19-7-3-2-4-8-19/h2-15H,16-17H2,1H3,(H,28,32)(H,29,31)/b22-15+. The normalized spacial score (nSPS) is 10.8. The molecule has 34 heavy (non-hydrogen) atoms. The molecule has 3 aromatic rings. The van der Waals surface area contributed by atoms with E-state index in [-0.39, 0.29) is 24.4 Å². The van der Waals surface area contributed by atoms with Crippen LogP contribution in [0.15, 0.2) is 89.0 Å². The largest absolute Gasteiger partial charge is 0.496 e. The summed E-state index contributed by atoms with van der Waals surface area (Å²) in [5.41, 5.74) is 1.75. The Kier molecular flexibility index (Phi) is 8.99. The van der Waals surface area contributed by atoms with Crippen LogP contribution in [0.5, 0.6) is 5.75 Å². The fourth-order valence-corrected chi connectivity index (χ4v) is 3.21. The van der Waals surface area contributed by atoms with Crippen LogP contribution in [0.25, 0.3) is 6.08 Å². The number of para-hydroxylation sites is 1. The quantitative estimate of drug-likeness (QED) is 0.326. The number of carbonyl (C=O) groups excluding carboxylic acids is 3. The summed E-state index contributed by atoms with van der Waals surface area (Å²) in [6.45, 7) is -0.254. The summed E-state index contributed by atoms with van der Waals surface area (Å²) in [7, 11) is 1.46. The molecule has 2 amide bonds. The molecule has 0 saturated heterocycles. The zero-order valence-corrected chi connectivity index (χ0v) is 20.0. The van der Waals surface area contributed by atoms with Crippen molar-refractivity contribution in [3.8, 4) is 5.75 Å². The Bertz CT molecular complexity index is 1180. The predicted molar refractivity (Wildman–Crippen MR) is 132 cm³/mol. The van der Waals surface area contributed by atoms with E-state index in [9.17, 15) is 14.4 Å². The van der Waals surface area contributed by atoms with Gasteiger partial charge in [-0.2, -0.15) is 0 Å². The maximum absolute atomic E-state index is 12.9. The molecule has 0 bridgehead atoms. The monoisotopic (exact) mass is 522 g/mol. The zero-order valence-electron chi connectivity index (χ0n) is 18.4. The van der Waals surface area contributed by atoms with Gasteiger partial charge in [-0.1, -0.05) is 70.5 Å². The lowest BCUT2D eigenvalue weighted by molar-refractivity contribution is -0.144. The second-order valence-electron chi connectivity index (χ2n) is 7.09. The molecular weight excluding hydrogens is 500 g/mol. The first-order valence-electron chi connectivity index (χ1n) is 10.4. The highest BCUT2D eigenvalue weighted by Crippen LogP contribution is 2.18. The second-order valence-corrected chi connectivity index (χ2v) is 8.01. The summed E-state index contributed by atoms with van der Waals surface area (Å²) >= 11 is 3.36. The highest BCUT2D eigenvalue weighted by molar-refractivity contribution is 9.10. The third-order valence-corrected chi connectivity index (χ3v) is 5.19. The van der Waals surface area contributed by atoms with Crippen molar-refractivity contribution in [2.24, 2.45) is 0 Å². The van der Waals surface area contributed by atoms with Crippen molar-refractivity contribution in [2.75, 3.05) is 13.7 Å². The van der Waals surface area contributed by atoms with E-state index in [4.69, 9.17) is 9.47 Å². The van der Waals surface area contributed by atoms with Gasteiger partial charge in [-0.05, 0) is 41.5 Å². The first-order valence-corrected chi connectivity index (χ1v) is 11.1. The minimum absolute atomic E-state index is 0.0333. The molecule has 0 atom stereocenters. The van der Waals surface area contributed by atoms with E-state index < -0.39 is 17.8 Å². The van der Waals surface area contributed by atoms with E-state index in [0.717, 1.165) is 10.0 Å². The third-order valence-electron chi connectivity index (χ3n) is 4.66. The van der Waals surface area contributed by atoms with Crippen LogP contribution in [0.3, 0.4) is 0 Å². The summed E-state index contributed by atoms with van der Waals surface area (Å²) in [6.07, 6.45) is 1.52. The molecule has 7 nitrogen and oxygen atoms in total. The van der Waals surface area contributed by atoms with Crippen molar-refractivity contribution >= 4 is 39.8 Å². The van der Waals surface area contributed by atoms with E-state index in [1.165, 1.54) is 13.2 Å². The number of hydrogen-bond donors (Lipinski definition) is 2. The number of carbonyl (C=O) groups is 3. The SMILES string of the molecule is COc1ccccc1C(=O)N/C(=C/c1ccc(Br)cc1)C(=O)NCC(=O)OCc1ccccc1. The maximum Gasteiger partial charge on any atom is 0.325 e. The average Bonchev–Trinajstić information content (AvgIpc) is 2.87. The van der Waals surface area contributed by atoms with Crippen molar-refractivity contribution in [1.82, 2.24) is 10.6 Å². The van der Waals surface area contributed by atoms with E-state index in [0.29, 0.717) is 11.3 Å². The molecule has 0 aliphatic carbocycles. The summed E-state index contributed by atoms with van der Waals surface area (Å²) in [4.78, 5) is 37.8. The minimum Gasteiger partial charge on any atom is -0.496 e. The Morgan fingerprint density at radius 2 is 1.59 bits per heavy atom. The van der Waals surface area contributed by atoms with Crippen LogP contribution in [0.1, 0.15) is 21.5 Å². The Morgan fingerprint density at radius 3 is 2.29 bits per heavy atom. The molecule has 3 rings (SSSR count).